The van der Waals surface area contributed by atoms with E-state index >= 15 is 0 Å². The van der Waals surface area contributed by atoms with Gasteiger partial charge in [-0.15, -0.1) is 0 Å². The van der Waals surface area contributed by atoms with Gasteiger partial charge < -0.3 is 9.80 Å². The molecule has 0 spiro atoms. The van der Waals surface area contributed by atoms with Crippen LogP contribution < -0.4 is 9.80 Å². The number of hydrogen-bond acceptors (Lipinski definition) is 6. The van der Waals surface area contributed by atoms with Crippen LogP contribution in [0.5, 0.6) is 0 Å². The SMILES string of the molecule is O=[N+]([O-])c1cc2cc(-c3ccccc3)c(N3CCCCC3)nc2nc1N1CCCCC1. The molecule has 0 unspecified atom stereocenters. The molecule has 2 saturated heterocycles. The van der Waals surface area contributed by atoms with Crippen LogP contribution in [0.15, 0.2) is 42.5 Å². The Morgan fingerprint density at radius 3 is 1.97 bits per heavy atom. The molecule has 0 aliphatic carbocycles. The first kappa shape index (κ1) is 19.7. The average molecular weight is 418 g/mol. The summed E-state index contributed by atoms with van der Waals surface area (Å²) in [6, 6.07) is 13.9. The van der Waals surface area contributed by atoms with Gasteiger partial charge in [0.25, 0.3) is 0 Å². The quantitative estimate of drug-likeness (QED) is 0.430. The predicted octanol–water partition coefficient (Wildman–Crippen LogP) is 5.19. The van der Waals surface area contributed by atoms with E-state index in [9.17, 15) is 10.1 Å². The van der Waals surface area contributed by atoms with Gasteiger partial charge in [-0.25, -0.2) is 9.97 Å². The highest BCUT2D eigenvalue weighted by atomic mass is 16.6. The Kier molecular flexibility index (Phi) is 5.40. The summed E-state index contributed by atoms with van der Waals surface area (Å²) in [4.78, 5) is 25.7. The van der Waals surface area contributed by atoms with Crippen LogP contribution in [0.2, 0.25) is 0 Å². The molecular formula is C24H27N5O2. The second-order valence-corrected chi connectivity index (χ2v) is 8.46. The summed E-state index contributed by atoms with van der Waals surface area (Å²) in [5.74, 6) is 1.39. The largest absolute Gasteiger partial charge is 0.356 e. The van der Waals surface area contributed by atoms with Crippen molar-refractivity contribution < 1.29 is 4.92 Å². The molecule has 0 atom stereocenters. The summed E-state index contributed by atoms with van der Waals surface area (Å²) in [5, 5.41) is 12.6. The molecule has 2 aliphatic rings. The third-order valence-corrected chi connectivity index (χ3v) is 6.34. The molecule has 4 heterocycles. The van der Waals surface area contributed by atoms with Gasteiger partial charge in [0.2, 0.25) is 5.82 Å². The van der Waals surface area contributed by atoms with E-state index in [2.05, 4.69) is 21.9 Å². The van der Waals surface area contributed by atoms with E-state index < -0.39 is 0 Å². The zero-order chi connectivity index (χ0) is 21.2. The van der Waals surface area contributed by atoms with E-state index in [-0.39, 0.29) is 10.6 Å². The van der Waals surface area contributed by atoms with E-state index in [1.807, 2.05) is 24.3 Å². The fourth-order valence-corrected chi connectivity index (χ4v) is 4.72. The molecule has 1 aromatic carbocycles. The van der Waals surface area contributed by atoms with Crippen LogP contribution >= 0.6 is 0 Å². The van der Waals surface area contributed by atoms with Crippen LogP contribution in [0.25, 0.3) is 22.2 Å². The van der Waals surface area contributed by atoms with Gasteiger partial charge in [0, 0.05) is 43.2 Å². The first-order chi connectivity index (χ1) is 15.2. The number of anilines is 2. The summed E-state index contributed by atoms with van der Waals surface area (Å²) >= 11 is 0. The number of rotatable bonds is 4. The van der Waals surface area contributed by atoms with Crippen molar-refractivity contribution in [2.75, 3.05) is 36.0 Å². The highest BCUT2D eigenvalue weighted by Gasteiger charge is 2.26. The second-order valence-electron chi connectivity index (χ2n) is 8.46. The summed E-state index contributed by atoms with van der Waals surface area (Å²) in [5.41, 5.74) is 2.74. The number of nitro groups is 1. The van der Waals surface area contributed by atoms with E-state index in [1.54, 1.807) is 6.07 Å². The molecule has 0 amide bonds. The first-order valence-electron chi connectivity index (χ1n) is 11.3. The van der Waals surface area contributed by atoms with Gasteiger partial charge in [0.05, 0.1) is 4.92 Å². The lowest BCUT2D eigenvalue weighted by molar-refractivity contribution is -0.384. The van der Waals surface area contributed by atoms with Crippen LogP contribution in [-0.2, 0) is 0 Å². The summed E-state index contributed by atoms with van der Waals surface area (Å²) < 4.78 is 0. The zero-order valence-corrected chi connectivity index (χ0v) is 17.7. The monoisotopic (exact) mass is 417 g/mol. The maximum absolute atomic E-state index is 11.9. The number of fused-ring (bicyclic) bond motifs is 1. The summed E-state index contributed by atoms with van der Waals surface area (Å²) in [7, 11) is 0. The van der Waals surface area contributed by atoms with Crippen LogP contribution in [0.3, 0.4) is 0 Å². The Balaban J connectivity index is 1.69. The Bertz CT molecular complexity index is 1090. The molecular weight excluding hydrogens is 390 g/mol. The lowest BCUT2D eigenvalue weighted by Gasteiger charge is -2.30. The third-order valence-electron chi connectivity index (χ3n) is 6.34. The molecule has 160 valence electrons. The Hall–Kier alpha value is -3.22. The predicted molar refractivity (Wildman–Crippen MR) is 124 cm³/mol. The van der Waals surface area contributed by atoms with Crippen molar-refractivity contribution in [3.8, 4) is 11.1 Å². The fourth-order valence-electron chi connectivity index (χ4n) is 4.72. The maximum Gasteiger partial charge on any atom is 0.312 e. The number of nitrogens with zero attached hydrogens (tertiary/aromatic N) is 5. The normalized spacial score (nSPS) is 17.2. The number of piperidine rings is 2. The number of aromatic nitrogens is 2. The summed E-state index contributed by atoms with van der Waals surface area (Å²) in [6.45, 7) is 3.56. The average Bonchev–Trinajstić information content (AvgIpc) is 2.84. The molecule has 3 aromatic rings. The van der Waals surface area contributed by atoms with Crippen molar-refractivity contribution >= 4 is 28.4 Å². The summed E-state index contributed by atoms with van der Waals surface area (Å²) in [6.07, 6.45) is 6.79. The smallest absolute Gasteiger partial charge is 0.312 e. The lowest BCUT2D eigenvalue weighted by Crippen LogP contribution is -2.31. The Labute approximate surface area is 181 Å². The van der Waals surface area contributed by atoms with Gasteiger partial charge in [0.15, 0.2) is 5.65 Å². The standard InChI is InChI=1S/C24H27N5O2/c30-29(31)21-17-19-16-20(18-10-4-1-5-11-18)23(27-12-6-2-7-13-27)25-22(19)26-24(21)28-14-8-3-9-15-28/h1,4-5,10-11,16-17H,2-3,6-9,12-15H2. The van der Waals surface area contributed by atoms with Crippen LogP contribution in [0, 0.1) is 10.1 Å². The molecule has 0 N–H and O–H groups in total. The fraction of sp³-hybridized carbons (Fsp3) is 0.417. The molecule has 0 radical (unpaired) electrons. The number of hydrogen-bond donors (Lipinski definition) is 0. The Morgan fingerprint density at radius 1 is 0.774 bits per heavy atom. The van der Waals surface area contributed by atoms with Gasteiger partial charge in [-0.2, -0.15) is 0 Å². The van der Waals surface area contributed by atoms with Crippen molar-refractivity contribution in [1.82, 2.24) is 9.97 Å². The molecule has 7 nitrogen and oxygen atoms in total. The van der Waals surface area contributed by atoms with Gasteiger partial charge in [-0.1, -0.05) is 30.3 Å². The van der Waals surface area contributed by atoms with Crippen LogP contribution in [0.1, 0.15) is 38.5 Å². The molecule has 7 heteroatoms. The Morgan fingerprint density at radius 2 is 1.35 bits per heavy atom. The van der Waals surface area contributed by atoms with Gasteiger partial charge in [-0.3, -0.25) is 10.1 Å². The van der Waals surface area contributed by atoms with Crippen LogP contribution in [0.4, 0.5) is 17.3 Å². The van der Waals surface area contributed by atoms with E-state index in [4.69, 9.17) is 9.97 Å². The lowest BCUT2D eigenvalue weighted by atomic mass is 10.0. The molecule has 31 heavy (non-hydrogen) atoms. The third kappa shape index (κ3) is 3.92. The highest BCUT2D eigenvalue weighted by molar-refractivity contribution is 5.90. The van der Waals surface area contributed by atoms with Crippen molar-refractivity contribution in [1.29, 1.82) is 0 Å². The minimum atomic E-state index is -0.308. The van der Waals surface area contributed by atoms with Gasteiger partial charge in [0.1, 0.15) is 5.82 Å². The van der Waals surface area contributed by atoms with Gasteiger partial charge in [-0.05, 0) is 50.2 Å². The molecule has 2 fully saturated rings. The topological polar surface area (TPSA) is 75.4 Å². The van der Waals surface area contributed by atoms with E-state index in [1.165, 1.54) is 6.42 Å². The molecule has 0 saturated carbocycles. The van der Waals surface area contributed by atoms with Crippen molar-refractivity contribution in [2.45, 2.75) is 38.5 Å². The van der Waals surface area contributed by atoms with Crippen molar-refractivity contribution in [3.63, 3.8) is 0 Å². The second kappa shape index (κ2) is 8.49. The number of pyridine rings is 2. The maximum atomic E-state index is 11.9. The molecule has 2 aliphatic heterocycles. The van der Waals surface area contributed by atoms with Crippen molar-refractivity contribution in [3.05, 3.63) is 52.6 Å². The molecule has 5 rings (SSSR count). The minimum absolute atomic E-state index is 0.0703. The van der Waals surface area contributed by atoms with Crippen LogP contribution in [-0.4, -0.2) is 41.1 Å². The van der Waals surface area contributed by atoms with E-state index in [0.29, 0.717) is 16.9 Å². The van der Waals surface area contributed by atoms with Gasteiger partial charge >= 0.3 is 5.69 Å². The highest BCUT2D eigenvalue weighted by Crippen LogP contribution is 2.37. The zero-order valence-electron chi connectivity index (χ0n) is 17.7. The minimum Gasteiger partial charge on any atom is -0.356 e. The number of benzene rings is 1. The first-order valence-corrected chi connectivity index (χ1v) is 11.3. The molecule has 0 bridgehead atoms. The van der Waals surface area contributed by atoms with E-state index in [0.717, 1.165) is 75.2 Å². The van der Waals surface area contributed by atoms with Crippen molar-refractivity contribution in [2.24, 2.45) is 0 Å². The molecule has 2 aromatic heterocycles.